The number of rotatable bonds is 2. The van der Waals surface area contributed by atoms with E-state index in [1.807, 2.05) is 4.90 Å². The van der Waals surface area contributed by atoms with E-state index in [4.69, 9.17) is 11.6 Å². The minimum Gasteiger partial charge on any atom is -0.331 e. The molecule has 3 rings (SSSR count). The zero-order valence-electron chi connectivity index (χ0n) is 11.2. The van der Waals surface area contributed by atoms with Crippen molar-refractivity contribution in [1.29, 1.82) is 0 Å². The van der Waals surface area contributed by atoms with Gasteiger partial charge in [0.1, 0.15) is 0 Å². The van der Waals surface area contributed by atoms with E-state index in [-0.39, 0.29) is 11.9 Å². The highest BCUT2D eigenvalue weighted by Gasteiger charge is 2.31. The second kappa shape index (κ2) is 5.54. The van der Waals surface area contributed by atoms with Crippen LogP contribution in [0.3, 0.4) is 0 Å². The molecule has 104 valence electrons. The van der Waals surface area contributed by atoms with E-state index in [0.29, 0.717) is 10.6 Å². The number of fused-ring (bicyclic) bond motifs is 1. The molecule has 1 unspecified atom stereocenters. The number of nitrogens with zero attached hydrogens (tertiary/aromatic N) is 2. The van der Waals surface area contributed by atoms with Gasteiger partial charge in [0.05, 0.1) is 16.6 Å². The van der Waals surface area contributed by atoms with Gasteiger partial charge in [0.25, 0.3) is 5.91 Å². The first-order valence-corrected chi connectivity index (χ1v) is 7.95. The number of carbonyl (C=O) groups excluding carboxylic acids is 1. The third kappa shape index (κ3) is 2.23. The number of aromatic nitrogens is 1. The smallest absolute Gasteiger partial charge is 0.257 e. The average molecular weight is 307 g/mol. The second-order valence-electron chi connectivity index (χ2n) is 4.83. The van der Waals surface area contributed by atoms with Crippen molar-refractivity contribution in [3.05, 3.63) is 50.9 Å². The zero-order valence-corrected chi connectivity index (χ0v) is 12.7. The lowest BCUT2D eigenvalue weighted by atomic mass is 9.97. The van der Waals surface area contributed by atoms with Crippen LogP contribution in [-0.2, 0) is 6.42 Å². The van der Waals surface area contributed by atoms with Crippen molar-refractivity contribution >= 4 is 28.8 Å². The number of halogens is 1. The van der Waals surface area contributed by atoms with E-state index in [0.717, 1.165) is 19.4 Å². The highest BCUT2D eigenvalue weighted by atomic mass is 35.5. The maximum absolute atomic E-state index is 12.7. The first-order chi connectivity index (χ1) is 9.72. The number of carbonyl (C=O) groups is 1. The van der Waals surface area contributed by atoms with Gasteiger partial charge in [-0.15, -0.1) is 11.3 Å². The number of amides is 1. The van der Waals surface area contributed by atoms with Crippen LogP contribution in [0.25, 0.3) is 0 Å². The molecule has 0 bridgehead atoms. The third-order valence-electron chi connectivity index (χ3n) is 3.74. The van der Waals surface area contributed by atoms with E-state index in [1.165, 1.54) is 10.4 Å². The minimum absolute atomic E-state index is 0.0215. The van der Waals surface area contributed by atoms with Crippen molar-refractivity contribution in [3.8, 4) is 0 Å². The van der Waals surface area contributed by atoms with E-state index in [1.54, 1.807) is 29.8 Å². The lowest BCUT2D eigenvalue weighted by molar-refractivity contribution is 0.0657. The molecule has 5 heteroatoms. The van der Waals surface area contributed by atoms with E-state index in [9.17, 15) is 4.79 Å². The molecule has 1 aliphatic rings. The van der Waals surface area contributed by atoms with Gasteiger partial charge in [-0.3, -0.25) is 9.78 Å². The molecule has 0 spiro atoms. The highest BCUT2D eigenvalue weighted by molar-refractivity contribution is 7.10. The topological polar surface area (TPSA) is 33.2 Å². The van der Waals surface area contributed by atoms with E-state index < -0.39 is 0 Å². The Balaban J connectivity index is 1.95. The molecule has 0 aliphatic carbocycles. The van der Waals surface area contributed by atoms with Crippen LogP contribution in [-0.4, -0.2) is 22.3 Å². The fraction of sp³-hybridized carbons (Fsp3) is 0.333. The molecule has 0 radical (unpaired) electrons. The molecule has 0 fully saturated rings. The Kier molecular flexibility index (Phi) is 3.76. The second-order valence-corrected chi connectivity index (χ2v) is 6.24. The van der Waals surface area contributed by atoms with Gasteiger partial charge in [0, 0.05) is 23.8 Å². The minimum atomic E-state index is -0.0215. The molecule has 2 aromatic heterocycles. The summed E-state index contributed by atoms with van der Waals surface area (Å²) in [4.78, 5) is 20.1. The van der Waals surface area contributed by atoms with Crippen molar-refractivity contribution in [2.45, 2.75) is 25.8 Å². The predicted octanol–water partition coefficient (Wildman–Crippen LogP) is 3.95. The van der Waals surface area contributed by atoms with Crippen LogP contribution in [0.15, 0.2) is 29.9 Å². The summed E-state index contributed by atoms with van der Waals surface area (Å²) in [5, 5.41) is 2.58. The van der Waals surface area contributed by atoms with Gasteiger partial charge in [-0.1, -0.05) is 18.5 Å². The summed E-state index contributed by atoms with van der Waals surface area (Å²) in [7, 11) is 0. The maximum Gasteiger partial charge on any atom is 0.257 e. The number of hydrogen-bond acceptors (Lipinski definition) is 3. The molecule has 20 heavy (non-hydrogen) atoms. The van der Waals surface area contributed by atoms with Crippen molar-refractivity contribution in [1.82, 2.24) is 9.88 Å². The van der Waals surface area contributed by atoms with E-state index in [2.05, 4.69) is 23.4 Å². The molecular formula is C15H15ClN2OS. The van der Waals surface area contributed by atoms with Crippen molar-refractivity contribution in [2.75, 3.05) is 6.54 Å². The average Bonchev–Trinajstić information content (AvgIpc) is 2.94. The fourth-order valence-electron chi connectivity index (χ4n) is 2.77. The SMILES string of the molecule is CCC1c2ccsc2CCN1C(=O)c1cnccc1Cl. The number of pyridine rings is 1. The molecule has 1 aliphatic heterocycles. The van der Waals surface area contributed by atoms with Crippen LogP contribution >= 0.6 is 22.9 Å². The third-order valence-corrected chi connectivity index (χ3v) is 5.07. The monoisotopic (exact) mass is 306 g/mol. The van der Waals surface area contributed by atoms with Gasteiger partial charge in [0.2, 0.25) is 0 Å². The summed E-state index contributed by atoms with van der Waals surface area (Å²) in [6.07, 6.45) is 4.99. The van der Waals surface area contributed by atoms with Crippen molar-refractivity contribution < 1.29 is 4.79 Å². The van der Waals surface area contributed by atoms with Gasteiger partial charge >= 0.3 is 0 Å². The Morgan fingerprint density at radius 3 is 3.15 bits per heavy atom. The van der Waals surface area contributed by atoms with Gasteiger partial charge in [-0.05, 0) is 35.9 Å². The summed E-state index contributed by atoms with van der Waals surface area (Å²) < 4.78 is 0. The van der Waals surface area contributed by atoms with E-state index >= 15 is 0 Å². The Labute approximate surface area is 127 Å². The molecule has 0 saturated carbocycles. The Bertz CT molecular complexity index is 640. The van der Waals surface area contributed by atoms with Crippen LogP contribution in [0.5, 0.6) is 0 Å². The van der Waals surface area contributed by atoms with Gasteiger partial charge in [0.15, 0.2) is 0 Å². The molecule has 0 saturated heterocycles. The van der Waals surface area contributed by atoms with Crippen LogP contribution in [0.1, 0.15) is 40.2 Å². The first kappa shape index (κ1) is 13.6. The molecule has 2 aromatic rings. The molecule has 1 amide bonds. The Morgan fingerprint density at radius 2 is 2.40 bits per heavy atom. The van der Waals surface area contributed by atoms with Crippen molar-refractivity contribution in [3.63, 3.8) is 0 Å². The molecular weight excluding hydrogens is 292 g/mol. The first-order valence-electron chi connectivity index (χ1n) is 6.69. The summed E-state index contributed by atoms with van der Waals surface area (Å²) >= 11 is 7.90. The normalized spacial score (nSPS) is 17.9. The molecule has 3 heterocycles. The summed E-state index contributed by atoms with van der Waals surface area (Å²) in [6.45, 7) is 2.86. The van der Waals surface area contributed by atoms with Crippen molar-refractivity contribution in [2.24, 2.45) is 0 Å². The molecule has 0 N–H and O–H groups in total. The lowest BCUT2D eigenvalue weighted by Crippen LogP contribution is -2.39. The van der Waals surface area contributed by atoms with Crippen LogP contribution < -0.4 is 0 Å². The summed E-state index contributed by atoms with van der Waals surface area (Å²) in [5.41, 5.74) is 1.78. The largest absolute Gasteiger partial charge is 0.331 e. The molecule has 0 aromatic carbocycles. The van der Waals surface area contributed by atoms with Gasteiger partial charge < -0.3 is 4.90 Å². The zero-order chi connectivity index (χ0) is 14.1. The van der Waals surface area contributed by atoms with Gasteiger partial charge in [-0.2, -0.15) is 0 Å². The van der Waals surface area contributed by atoms with Gasteiger partial charge in [-0.25, -0.2) is 0 Å². The Morgan fingerprint density at radius 1 is 1.55 bits per heavy atom. The molecule has 1 atom stereocenters. The van der Waals surface area contributed by atoms with Crippen LogP contribution in [0, 0.1) is 0 Å². The lowest BCUT2D eigenvalue weighted by Gasteiger charge is -2.35. The van der Waals surface area contributed by atoms with Crippen LogP contribution in [0.2, 0.25) is 5.02 Å². The highest BCUT2D eigenvalue weighted by Crippen LogP contribution is 2.36. The summed E-state index contributed by atoms with van der Waals surface area (Å²) in [5.74, 6) is -0.0215. The summed E-state index contributed by atoms with van der Waals surface area (Å²) in [6, 6.07) is 3.95. The fourth-order valence-corrected chi connectivity index (χ4v) is 3.88. The number of thiophene rings is 1. The Hall–Kier alpha value is -1.39. The standard InChI is InChI=1S/C15H15ClN2OS/c1-2-13-10-5-8-20-14(10)4-7-18(13)15(19)11-9-17-6-3-12(11)16/h3,5-6,8-9,13H,2,4,7H2,1H3. The maximum atomic E-state index is 12.7. The molecule has 3 nitrogen and oxygen atoms in total. The quantitative estimate of drug-likeness (QED) is 0.842. The van der Waals surface area contributed by atoms with Crippen LogP contribution in [0.4, 0.5) is 0 Å². The number of hydrogen-bond donors (Lipinski definition) is 0. The predicted molar refractivity (Wildman–Crippen MR) is 81.3 cm³/mol.